The van der Waals surface area contributed by atoms with E-state index < -0.39 is 0 Å². The highest BCUT2D eigenvalue weighted by atomic mass is 16.2. The first-order valence-corrected chi connectivity index (χ1v) is 9.05. The van der Waals surface area contributed by atoms with Crippen molar-refractivity contribution >= 4 is 17.6 Å². The molecule has 5 heteroatoms. The molecule has 2 aliphatic rings. The molecular formula is C19H28N4O. The van der Waals surface area contributed by atoms with E-state index in [2.05, 4.69) is 39.9 Å². The number of anilines is 1. The van der Waals surface area contributed by atoms with Gasteiger partial charge in [0, 0.05) is 31.2 Å². The normalized spacial score (nSPS) is 18.5. The predicted octanol–water partition coefficient (Wildman–Crippen LogP) is 2.49. The number of aliphatic imine (C=N–C) groups is 1. The van der Waals surface area contributed by atoms with Gasteiger partial charge in [0.05, 0.1) is 6.54 Å². The Bertz CT molecular complexity index is 586. The summed E-state index contributed by atoms with van der Waals surface area (Å²) in [5.74, 6) is 1.96. The quantitative estimate of drug-likeness (QED) is 0.893. The highest BCUT2D eigenvalue weighted by Gasteiger charge is 2.24. The predicted molar refractivity (Wildman–Crippen MR) is 98.2 cm³/mol. The van der Waals surface area contributed by atoms with Crippen molar-refractivity contribution in [3.05, 3.63) is 29.8 Å². The maximum absolute atomic E-state index is 12.0. The maximum atomic E-state index is 12.0. The minimum Gasteiger partial charge on any atom is -0.354 e. The van der Waals surface area contributed by atoms with Crippen LogP contribution in [-0.4, -0.2) is 42.9 Å². The number of rotatable bonds is 4. The molecule has 24 heavy (non-hydrogen) atoms. The standard InChI is InChI=1S/C19H28N4O/c1-14(2)18(24)23-11-7-16(8-12-23)13-15-3-5-17(6-4-15)22-19-20-9-10-21-19/h3-6,14,16H,7-13H2,1-2H3,(H2,20,21,22). The minimum atomic E-state index is 0.112. The van der Waals surface area contributed by atoms with Crippen LogP contribution in [0.5, 0.6) is 0 Å². The van der Waals surface area contributed by atoms with E-state index in [1.165, 1.54) is 5.56 Å². The van der Waals surface area contributed by atoms with Crippen molar-refractivity contribution in [1.29, 1.82) is 0 Å². The zero-order chi connectivity index (χ0) is 16.9. The number of amides is 1. The van der Waals surface area contributed by atoms with Crippen molar-refractivity contribution in [3.63, 3.8) is 0 Å². The average molecular weight is 328 g/mol. The molecule has 130 valence electrons. The van der Waals surface area contributed by atoms with Gasteiger partial charge in [0.25, 0.3) is 0 Å². The summed E-state index contributed by atoms with van der Waals surface area (Å²) in [6, 6.07) is 8.64. The molecule has 5 nitrogen and oxygen atoms in total. The van der Waals surface area contributed by atoms with E-state index in [4.69, 9.17) is 0 Å². The molecule has 0 spiro atoms. The molecule has 0 unspecified atom stereocenters. The Labute approximate surface area is 144 Å². The molecule has 2 heterocycles. The van der Waals surface area contributed by atoms with Crippen LogP contribution in [0.2, 0.25) is 0 Å². The van der Waals surface area contributed by atoms with Gasteiger partial charge in [-0.05, 0) is 42.9 Å². The van der Waals surface area contributed by atoms with Crippen LogP contribution in [0, 0.1) is 11.8 Å². The molecule has 0 aromatic heterocycles. The summed E-state index contributed by atoms with van der Waals surface area (Å²) in [5.41, 5.74) is 2.44. The summed E-state index contributed by atoms with van der Waals surface area (Å²) in [6.45, 7) is 7.55. The van der Waals surface area contributed by atoms with Gasteiger partial charge in [-0.3, -0.25) is 9.79 Å². The lowest BCUT2D eigenvalue weighted by atomic mass is 9.89. The zero-order valence-electron chi connectivity index (χ0n) is 14.7. The molecule has 0 radical (unpaired) electrons. The zero-order valence-corrected chi connectivity index (χ0v) is 14.7. The topological polar surface area (TPSA) is 56.7 Å². The van der Waals surface area contributed by atoms with Crippen LogP contribution >= 0.6 is 0 Å². The largest absolute Gasteiger partial charge is 0.354 e. The Kier molecular flexibility index (Phi) is 5.38. The summed E-state index contributed by atoms with van der Waals surface area (Å²) >= 11 is 0. The highest BCUT2D eigenvalue weighted by Crippen LogP contribution is 2.23. The molecule has 1 aromatic carbocycles. The Balaban J connectivity index is 1.47. The fourth-order valence-electron chi connectivity index (χ4n) is 3.40. The molecule has 0 saturated carbocycles. The van der Waals surface area contributed by atoms with Crippen molar-refractivity contribution in [3.8, 4) is 0 Å². The summed E-state index contributed by atoms with van der Waals surface area (Å²) in [6.07, 6.45) is 3.32. The second-order valence-electron chi connectivity index (χ2n) is 7.11. The minimum absolute atomic E-state index is 0.112. The smallest absolute Gasteiger partial charge is 0.225 e. The van der Waals surface area contributed by atoms with Gasteiger partial charge in [0.15, 0.2) is 5.96 Å². The Morgan fingerprint density at radius 3 is 2.58 bits per heavy atom. The van der Waals surface area contributed by atoms with Crippen LogP contribution < -0.4 is 10.6 Å². The number of benzene rings is 1. The molecule has 1 amide bonds. The molecule has 1 aromatic rings. The number of hydrogen-bond acceptors (Lipinski definition) is 4. The SMILES string of the molecule is CC(C)C(=O)N1CCC(Cc2ccc(NC3=NCCN3)cc2)CC1. The summed E-state index contributed by atoms with van der Waals surface area (Å²) in [4.78, 5) is 18.4. The van der Waals surface area contributed by atoms with Gasteiger partial charge in [0.2, 0.25) is 5.91 Å². The van der Waals surface area contributed by atoms with Gasteiger partial charge in [-0.25, -0.2) is 0 Å². The molecule has 1 saturated heterocycles. The van der Waals surface area contributed by atoms with Crippen molar-refractivity contribution in [2.24, 2.45) is 16.8 Å². The van der Waals surface area contributed by atoms with Crippen molar-refractivity contribution in [1.82, 2.24) is 10.2 Å². The van der Waals surface area contributed by atoms with Gasteiger partial charge in [-0.2, -0.15) is 0 Å². The summed E-state index contributed by atoms with van der Waals surface area (Å²) < 4.78 is 0. The lowest BCUT2D eigenvalue weighted by molar-refractivity contribution is -0.135. The third kappa shape index (κ3) is 4.28. The van der Waals surface area contributed by atoms with Crippen LogP contribution in [-0.2, 0) is 11.2 Å². The molecule has 0 aliphatic carbocycles. The number of hydrogen-bond donors (Lipinski definition) is 2. The lowest BCUT2D eigenvalue weighted by Gasteiger charge is -2.33. The average Bonchev–Trinajstić information content (AvgIpc) is 3.09. The maximum Gasteiger partial charge on any atom is 0.225 e. The van der Waals surface area contributed by atoms with Gasteiger partial charge < -0.3 is 15.5 Å². The van der Waals surface area contributed by atoms with Crippen molar-refractivity contribution in [2.45, 2.75) is 33.1 Å². The van der Waals surface area contributed by atoms with Gasteiger partial charge in [-0.1, -0.05) is 26.0 Å². The number of carbonyl (C=O) groups excluding carboxylic acids is 1. The van der Waals surface area contributed by atoms with Gasteiger partial charge in [0.1, 0.15) is 0 Å². The van der Waals surface area contributed by atoms with E-state index in [9.17, 15) is 4.79 Å². The van der Waals surface area contributed by atoms with Crippen LogP contribution in [0.25, 0.3) is 0 Å². The van der Waals surface area contributed by atoms with Crippen LogP contribution in [0.4, 0.5) is 5.69 Å². The third-order valence-electron chi connectivity index (χ3n) is 4.84. The van der Waals surface area contributed by atoms with E-state index in [0.29, 0.717) is 11.8 Å². The first-order chi connectivity index (χ1) is 11.6. The molecule has 2 N–H and O–H groups in total. The first-order valence-electron chi connectivity index (χ1n) is 9.05. The van der Waals surface area contributed by atoms with Gasteiger partial charge in [-0.15, -0.1) is 0 Å². The fraction of sp³-hybridized carbons (Fsp3) is 0.579. The number of nitrogens with zero attached hydrogens (tertiary/aromatic N) is 2. The lowest BCUT2D eigenvalue weighted by Crippen LogP contribution is -2.40. The molecule has 3 rings (SSSR count). The second kappa shape index (κ2) is 7.69. The number of guanidine groups is 1. The highest BCUT2D eigenvalue weighted by molar-refractivity contribution is 5.94. The van der Waals surface area contributed by atoms with Crippen molar-refractivity contribution in [2.75, 3.05) is 31.5 Å². The van der Waals surface area contributed by atoms with Crippen LogP contribution in [0.1, 0.15) is 32.3 Å². The van der Waals surface area contributed by atoms with E-state index in [1.54, 1.807) is 0 Å². The fourth-order valence-corrected chi connectivity index (χ4v) is 3.40. The monoisotopic (exact) mass is 328 g/mol. The Morgan fingerprint density at radius 2 is 2.00 bits per heavy atom. The second-order valence-corrected chi connectivity index (χ2v) is 7.11. The molecule has 2 aliphatic heterocycles. The third-order valence-corrected chi connectivity index (χ3v) is 4.84. The van der Waals surface area contributed by atoms with Crippen molar-refractivity contribution < 1.29 is 4.79 Å². The van der Waals surface area contributed by atoms with Crippen LogP contribution in [0.3, 0.4) is 0 Å². The van der Waals surface area contributed by atoms with E-state index in [0.717, 1.165) is 57.1 Å². The number of nitrogens with one attached hydrogen (secondary N) is 2. The number of likely N-dealkylation sites (tertiary alicyclic amines) is 1. The Morgan fingerprint density at radius 1 is 1.29 bits per heavy atom. The van der Waals surface area contributed by atoms with E-state index >= 15 is 0 Å². The molecular weight excluding hydrogens is 300 g/mol. The molecule has 1 fully saturated rings. The summed E-state index contributed by atoms with van der Waals surface area (Å²) in [5, 5.41) is 6.51. The van der Waals surface area contributed by atoms with Crippen LogP contribution in [0.15, 0.2) is 29.3 Å². The number of carbonyl (C=O) groups is 1. The van der Waals surface area contributed by atoms with E-state index in [1.807, 2.05) is 18.7 Å². The Hall–Kier alpha value is -2.04. The first kappa shape index (κ1) is 16.8. The molecule has 0 atom stereocenters. The van der Waals surface area contributed by atoms with Gasteiger partial charge >= 0.3 is 0 Å². The van der Waals surface area contributed by atoms with E-state index in [-0.39, 0.29) is 5.92 Å². The number of piperidine rings is 1. The summed E-state index contributed by atoms with van der Waals surface area (Å²) in [7, 11) is 0. The molecule has 0 bridgehead atoms.